The number of rotatable bonds is 5. The first-order chi connectivity index (χ1) is 15.8. The molecule has 2 heterocycles. The molecule has 0 radical (unpaired) electrons. The SMILES string of the molecule is Cc1ccc(S(=O)(=O)n2c([C@H]3C[C@H](NS(=O)(=O)C(C)(C)C)CCN3C)nc3ccccc32)cc1. The van der Waals surface area contributed by atoms with Crippen molar-refractivity contribution in [3.8, 4) is 0 Å². The van der Waals surface area contributed by atoms with E-state index in [0.29, 0.717) is 36.2 Å². The molecule has 1 aliphatic rings. The number of fused-ring (bicyclic) bond motifs is 1. The molecule has 2 atom stereocenters. The third kappa shape index (κ3) is 4.51. The highest BCUT2D eigenvalue weighted by Crippen LogP contribution is 2.34. The highest BCUT2D eigenvalue weighted by Gasteiger charge is 2.38. The second-order valence-electron chi connectivity index (χ2n) is 9.99. The van der Waals surface area contributed by atoms with Crippen LogP contribution in [0.5, 0.6) is 0 Å². The molecule has 3 aromatic rings. The van der Waals surface area contributed by atoms with Crippen LogP contribution in [0.2, 0.25) is 0 Å². The van der Waals surface area contributed by atoms with Crippen molar-refractivity contribution in [2.45, 2.75) is 62.3 Å². The zero-order chi connectivity index (χ0) is 24.9. The van der Waals surface area contributed by atoms with Crippen molar-refractivity contribution in [2.24, 2.45) is 0 Å². The fraction of sp³-hybridized carbons (Fsp3) is 0.458. The van der Waals surface area contributed by atoms with Gasteiger partial charge in [-0.15, -0.1) is 0 Å². The third-order valence-corrected chi connectivity index (χ3v) is 10.4. The number of piperidine rings is 1. The van der Waals surface area contributed by atoms with E-state index in [1.54, 1.807) is 63.2 Å². The van der Waals surface area contributed by atoms with Gasteiger partial charge in [0.15, 0.2) is 0 Å². The Kier molecular flexibility index (Phi) is 6.39. The summed E-state index contributed by atoms with van der Waals surface area (Å²) in [7, 11) is -5.56. The first-order valence-electron chi connectivity index (χ1n) is 11.3. The van der Waals surface area contributed by atoms with Crippen molar-refractivity contribution in [1.29, 1.82) is 0 Å². The number of benzene rings is 2. The standard InChI is InChI=1S/C24H32N4O4S2/c1-17-10-12-19(13-11-17)33(29,30)28-21-9-7-6-8-20(21)25-23(28)22-16-18(14-15-27(22)5)26-34(31,32)24(2,3)4/h6-13,18,22,26H,14-16H2,1-5H3/t18-,22-/m1/s1. The van der Waals surface area contributed by atoms with Crippen molar-refractivity contribution < 1.29 is 16.8 Å². The Hall–Kier alpha value is -2.27. The molecule has 10 heteroatoms. The Bertz CT molecular complexity index is 1410. The molecule has 1 N–H and O–H groups in total. The van der Waals surface area contributed by atoms with E-state index in [-0.39, 0.29) is 17.0 Å². The van der Waals surface area contributed by atoms with E-state index < -0.39 is 24.8 Å². The quantitative estimate of drug-likeness (QED) is 0.571. The summed E-state index contributed by atoms with van der Waals surface area (Å²) in [5.41, 5.74) is 2.05. The molecule has 2 aromatic carbocycles. The van der Waals surface area contributed by atoms with E-state index in [2.05, 4.69) is 4.72 Å². The van der Waals surface area contributed by atoms with Gasteiger partial charge in [-0.1, -0.05) is 29.8 Å². The third-order valence-electron chi connectivity index (χ3n) is 6.40. The first-order valence-corrected chi connectivity index (χ1v) is 14.3. The normalized spacial score (nSPS) is 20.6. The molecule has 0 saturated carbocycles. The summed E-state index contributed by atoms with van der Waals surface area (Å²) in [6, 6.07) is 13.2. The summed E-state index contributed by atoms with van der Waals surface area (Å²) in [6.07, 6.45) is 1.05. The maximum Gasteiger partial charge on any atom is 0.269 e. The van der Waals surface area contributed by atoms with Gasteiger partial charge in [-0.25, -0.2) is 30.5 Å². The maximum absolute atomic E-state index is 13.8. The Labute approximate surface area is 202 Å². The van der Waals surface area contributed by atoms with Gasteiger partial charge in [0.2, 0.25) is 10.0 Å². The van der Waals surface area contributed by atoms with Crippen LogP contribution < -0.4 is 4.72 Å². The van der Waals surface area contributed by atoms with E-state index in [1.807, 2.05) is 24.9 Å². The van der Waals surface area contributed by atoms with Gasteiger partial charge in [0.05, 0.1) is 26.7 Å². The van der Waals surface area contributed by atoms with Gasteiger partial charge in [0, 0.05) is 12.6 Å². The number of nitrogens with one attached hydrogen (secondary N) is 1. The average molecular weight is 505 g/mol. The predicted molar refractivity (Wildman–Crippen MR) is 134 cm³/mol. The monoisotopic (exact) mass is 504 g/mol. The van der Waals surface area contributed by atoms with E-state index in [4.69, 9.17) is 4.98 Å². The van der Waals surface area contributed by atoms with Crippen LogP contribution in [-0.2, 0) is 20.0 Å². The van der Waals surface area contributed by atoms with Crippen LogP contribution in [0.4, 0.5) is 0 Å². The Morgan fingerprint density at radius 1 is 1.00 bits per heavy atom. The molecule has 184 valence electrons. The van der Waals surface area contributed by atoms with Gasteiger partial charge in [0.1, 0.15) is 5.82 Å². The Balaban J connectivity index is 1.80. The highest BCUT2D eigenvalue weighted by molar-refractivity contribution is 7.91. The summed E-state index contributed by atoms with van der Waals surface area (Å²) in [6.45, 7) is 7.50. The minimum absolute atomic E-state index is 0.186. The largest absolute Gasteiger partial charge is 0.296 e. The number of hydrogen-bond donors (Lipinski definition) is 1. The maximum atomic E-state index is 13.8. The van der Waals surface area contributed by atoms with Crippen LogP contribution >= 0.6 is 0 Å². The van der Waals surface area contributed by atoms with Gasteiger partial charge in [-0.05, 0) is 71.8 Å². The van der Waals surface area contributed by atoms with E-state index in [1.165, 1.54) is 3.97 Å². The van der Waals surface area contributed by atoms with Crippen LogP contribution in [0.15, 0.2) is 53.4 Å². The van der Waals surface area contributed by atoms with Crippen molar-refractivity contribution in [3.05, 3.63) is 59.9 Å². The number of nitrogens with zero attached hydrogens (tertiary/aromatic N) is 3. The first kappa shape index (κ1) is 24.8. The summed E-state index contributed by atoms with van der Waals surface area (Å²) >= 11 is 0. The number of sulfonamides is 1. The number of likely N-dealkylation sites (tertiary alicyclic amines) is 1. The number of para-hydroxylation sites is 2. The number of imidazole rings is 1. The van der Waals surface area contributed by atoms with Crippen molar-refractivity contribution in [2.75, 3.05) is 13.6 Å². The molecule has 0 spiro atoms. The molecule has 4 rings (SSSR count). The molecule has 1 saturated heterocycles. The molecule has 1 aromatic heterocycles. The summed E-state index contributed by atoms with van der Waals surface area (Å²) < 4.78 is 56.5. The van der Waals surface area contributed by atoms with Gasteiger partial charge in [0.25, 0.3) is 10.0 Å². The Morgan fingerprint density at radius 3 is 2.29 bits per heavy atom. The molecule has 1 aliphatic heterocycles. The predicted octanol–water partition coefficient (Wildman–Crippen LogP) is 3.43. The van der Waals surface area contributed by atoms with Crippen LogP contribution in [-0.4, -0.2) is 55.1 Å². The zero-order valence-electron chi connectivity index (χ0n) is 20.2. The second kappa shape index (κ2) is 8.75. The van der Waals surface area contributed by atoms with Crippen molar-refractivity contribution >= 4 is 31.1 Å². The van der Waals surface area contributed by atoms with Gasteiger partial charge >= 0.3 is 0 Å². The lowest BCUT2D eigenvalue weighted by atomic mass is 9.98. The summed E-state index contributed by atoms with van der Waals surface area (Å²) in [5.74, 6) is 0.393. The molecule has 0 amide bonds. The minimum atomic E-state index is -3.93. The zero-order valence-corrected chi connectivity index (χ0v) is 21.8. The summed E-state index contributed by atoms with van der Waals surface area (Å²) in [4.78, 5) is 6.97. The highest BCUT2D eigenvalue weighted by atomic mass is 32.2. The molecule has 8 nitrogen and oxygen atoms in total. The second-order valence-corrected chi connectivity index (χ2v) is 14.2. The smallest absolute Gasteiger partial charge is 0.269 e. The van der Waals surface area contributed by atoms with E-state index >= 15 is 0 Å². The molecule has 34 heavy (non-hydrogen) atoms. The van der Waals surface area contributed by atoms with E-state index in [0.717, 1.165) is 5.56 Å². The lowest BCUT2D eigenvalue weighted by Crippen LogP contribution is -2.49. The van der Waals surface area contributed by atoms with E-state index in [9.17, 15) is 16.8 Å². The molecule has 1 fully saturated rings. The minimum Gasteiger partial charge on any atom is -0.296 e. The van der Waals surface area contributed by atoms with Crippen molar-refractivity contribution in [1.82, 2.24) is 18.6 Å². The lowest BCUT2D eigenvalue weighted by Gasteiger charge is -2.37. The van der Waals surface area contributed by atoms with Crippen LogP contribution in [0.3, 0.4) is 0 Å². The lowest BCUT2D eigenvalue weighted by molar-refractivity contribution is 0.158. The van der Waals surface area contributed by atoms with Crippen LogP contribution in [0, 0.1) is 6.92 Å². The average Bonchev–Trinajstić information content (AvgIpc) is 3.14. The molecule has 0 aliphatic carbocycles. The fourth-order valence-electron chi connectivity index (χ4n) is 4.19. The number of hydrogen-bond acceptors (Lipinski definition) is 6. The topological polar surface area (TPSA) is 101 Å². The van der Waals surface area contributed by atoms with Gasteiger partial charge in [-0.2, -0.15) is 0 Å². The molecular weight excluding hydrogens is 472 g/mol. The number of aryl methyl sites for hydroxylation is 1. The molecule has 0 unspecified atom stereocenters. The van der Waals surface area contributed by atoms with Gasteiger partial charge in [-0.3, -0.25) is 4.90 Å². The number of aromatic nitrogens is 2. The molecular formula is C24H32N4O4S2. The van der Waals surface area contributed by atoms with Gasteiger partial charge < -0.3 is 0 Å². The van der Waals surface area contributed by atoms with Crippen LogP contribution in [0.25, 0.3) is 11.0 Å². The van der Waals surface area contributed by atoms with Crippen LogP contribution in [0.1, 0.15) is 51.0 Å². The molecule has 0 bridgehead atoms. The fourth-order valence-corrected chi connectivity index (χ4v) is 6.71. The summed E-state index contributed by atoms with van der Waals surface area (Å²) in [5, 5.41) is 0. The van der Waals surface area contributed by atoms with Crippen molar-refractivity contribution in [3.63, 3.8) is 0 Å². The Morgan fingerprint density at radius 2 is 1.65 bits per heavy atom.